The van der Waals surface area contributed by atoms with E-state index in [1.54, 1.807) is 0 Å². The first-order valence-corrected chi connectivity index (χ1v) is 11.1. The minimum atomic E-state index is -0.442. The van der Waals surface area contributed by atoms with Gasteiger partial charge in [0, 0.05) is 37.3 Å². The number of halogens is 1. The molecule has 33 heavy (non-hydrogen) atoms. The first-order valence-electron chi connectivity index (χ1n) is 11.1. The molecule has 1 amide bonds. The van der Waals surface area contributed by atoms with Crippen molar-refractivity contribution in [1.82, 2.24) is 9.88 Å². The fraction of sp³-hybridized carbons (Fsp3) is 0.400. The van der Waals surface area contributed by atoms with Crippen LogP contribution in [0.5, 0.6) is 11.5 Å². The number of carbonyl (C=O) groups excluding carboxylic acids is 1. The number of benzene rings is 2. The molecule has 1 unspecified atom stereocenters. The fourth-order valence-corrected chi connectivity index (χ4v) is 3.88. The van der Waals surface area contributed by atoms with Crippen molar-refractivity contribution in [2.24, 2.45) is 5.73 Å². The number of hydrogen-bond donors (Lipinski definition) is 3. The van der Waals surface area contributed by atoms with Gasteiger partial charge in [-0.25, -0.2) is 0 Å². The second kappa shape index (κ2) is 13.1. The molecule has 8 heteroatoms. The number of nitrogens with zero attached hydrogens (tertiary/aromatic N) is 1. The van der Waals surface area contributed by atoms with Crippen LogP contribution in [0, 0.1) is 0 Å². The van der Waals surface area contributed by atoms with Gasteiger partial charge in [0.25, 0.3) is 5.91 Å². The Morgan fingerprint density at radius 3 is 2.58 bits per heavy atom. The molecule has 0 aliphatic carbocycles. The fourth-order valence-electron chi connectivity index (χ4n) is 3.88. The number of rotatable bonds is 13. The Balaban J connectivity index is 0.00000385. The number of fused-ring (bicyclic) bond motifs is 1. The van der Waals surface area contributed by atoms with Crippen LogP contribution in [0.3, 0.4) is 0 Å². The Hall–Kier alpha value is -2.74. The number of para-hydroxylation sites is 2. The van der Waals surface area contributed by atoms with Crippen LogP contribution in [0.25, 0.3) is 10.9 Å². The number of aliphatic hydroxyl groups excluding tert-OH is 1. The van der Waals surface area contributed by atoms with Gasteiger partial charge < -0.3 is 30.2 Å². The number of aryl methyl sites for hydroxylation is 1. The highest BCUT2D eigenvalue weighted by molar-refractivity contribution is 6.05. The first kappa shape index (κ1) is 26.5. The number of nitrogens with two attached hydrogens (primary N) is 1. The van der Waals surface area contributed by atoms with Gasteiger partial charge in [0.05, 0.1) is 17.7 Å². The van der Waals surface area contributed by atoms with Crippen molar-refractivity contribution >= 4 is 29.2 Å². The zero-order chi connectivity index (χ0) is 22.9. The van der Waals surface area contributed by atoms with Crippen LogP contribution >= 0.6 is 12.4 Å². The van der Waals surface area contributed by atoms with Crippen molar-refractivity contribution in [3.05, 3.63) is 59.8 Å². The van der Waals surface area contributed by atoms with E-state index in [2.05, 4.69) is 18.3 Å². The molecular weight excluding hydrogens is 442 g/mol. The summed E-state index contributed by atoms with van der Waals surface area (Å²) in [5, 5.41) is 13.6. The minimum absolute atomic E-state index is 0. The normalized spacial score (nSPS) is 11.7. The van der Waals surface area contributed by atoms with Gasteiger partial charge >= 0.3 is 0 Å². The summed E-state index contributed by atoms with van der Waals surface area (Å²) < 4.78 is 13.4. The van der Waals surface area contributed by atoms with E-state index in [1.165, 1.54) is 0 Å². The predicted octanol–water partition coefficient (Wildman–Crippen LogP) is 3.54. The van der Waals surface area contributed by atoms with Crippen molar-refractivity contribution < 1.29 is 19.4 Å². The van der Waals surface area contributed by atoms with Crippen molar-refractivity contribution in [3.63, 3.8) is 0 Å². The van der Waals surface area contributed by atoms with Crippen LogP contribution in [0.15, 0.2) is 48.7 Å². The van der Waals surface area contributed by atoms with Crippen molar-refractivity contribution in [1.29, 1.82) is 0 Å². The zero-order valence-electron chi connectivity index (χ0n) is 19.3. The standard InChI is InChI=1S/C25H33N3O4.ClH/c1-3-31-22-7-4-5-8-23(22)32-14-10-27-18(2)15-19-16-20-9-12-28(11-6-13-29)24(20)21(17-19)25(26)30;/h4-5,7-9,12,16-18,27,29H,3,6,10-11,13-15H2,1-2H3,(H2,26,30);1H. The highest BCUT2D eigenvalue weighted by Gasteiger charge is 2.14. The Morgan fingerprint density at radius 1 is 1.18 bits per heavy atom. The van der Waals surface area contributed by atoms with Crippen LogP contribution < -0.4 is 20.5 Å². The third-order valence-corrected chi connectivity index (χ3v) is 5.29. The average molecular weight is 476 g/mol. The van der Waals surface area contributed by atoms with Gasteiger partial charge in [0.1, 0.15) is 6.61 Å². The summed E-state index contributed by atoms with van der Waals surface area (Å²) in [5.41, 5.74) is 8.08. The maximum Gasteiger partial charge on any atom is 0.250 e. The molecule has 180 valence electrons. The Labute approximate surface area is 201 Å². The van der Waals surface area contributed by atoms with Gasteiger partial charge in [-0.1, -0.05) is 12.1 Å². The minimum Gasteiger partial charge on any atom is -0.490 e. The maximum absolute atomic E-state index is 12.1. The van der Waals surface area contributed by atoms with E-state index >= 15 is 0 Å². The summed E-state index contributed by atoms with van der Waals surface area (Å²) in [6.07, 6.45) is 3.32. The summed E-state index contributed by atoms with van der Waals surface area (Å²) >= 11 is 0. The molecular formula is C25H34ClN3O4. The molecule has 0 radical (unpaired) electrons. The van der Waals surface area contributed by atoms with Crippen molar-refractivity contribution in [3.8, 4) is 11.5 Å². The Bertz CT molecular complexity index is 1040. The summed E-state index contributed by atoms with van der Waals surface area (Å²) in [6, 6.07) is 13.8. The van der Waals surface area contributed by atoms with Crippen LogP contribution in [0.1, 0.15) is 36.2 Å². The maximum atomic E-state index is 12.1. The Morgan fingerprint density at radius 2 is 1.91 bits per heavy atom. The molecule has 0 spiro atoms. The molecule has 0 saturated carbocycles. The molecule has 4 N–H and O–H groups in total. The molecule has 1 atom stereocenters. The van der Waals surface area contributed by atoms with Gasteiger partial charge in [-0.15, -0.1) is 12.4 Å². The number of ether oxygens (including phenoxy) is 2. The first-order chi connectivity index (χ1) is 15.5. The predicted molar refractivity (Wildman–Crippen MR) is 134 cm³/mol. The number of hydrogen-bond acceptors (Lipinski definition) is 5. The lowest BCUT2D eigenvalue weighted by atomic mass is 10.0. The molecule has 3 rings (SSSR count). The molecule has 0 aliphatic heterocycles. The van der Waals surface area contributed by atoms with E-state index in [4.69, 9.17) is 20.3 Å². The number of primary amides is 1. The quantitative estimate of drug-likeness (QED) is 0.328. The largest absolute Gasteiger partial charge is 0.490 e. The third kappa shape index (κ3) is 7.12. The lowest BCUT2D eigenvalue weighted by molar-refractivity contribution is 0.100. The molecule has 2 aromatic carbocycles. The van der Waals surface area contributed by atoms with Gasteiger partial charge in [-0.3, -0.25) is 4.79 Å². The SMILES string of the molecule is CCOc1ccccc1OCCNC(C)Cc1cc(C(N)=O)c2c(ccn2CCCO)c1.Cl. The van der Waals surface area contributed by atoms with Gasteiger partial charge in [-0.2, -0.15) is 0 Å². The Kier molecular flexibility index (Phi) is 10.5. The van der Waals surface area contributed by atoms with E-state index < -0.39 is 5.91 Å². The van der Waals surface area contributed by atoms with Gasteiger partial charge in [0.15, 0.2) is 11.5 Å². The summed E-state index contributed by atoms with van der Waals surface area (Å²) in [6.45, 7) is 6.60. The zero-order valence-corrected chi connectivity index (χ0v) is 20.1. The molecule has 0 aliphatic rings. The molecule has 0 saturated heterocycles. The molecule has 0 fully saturated rings. The average Bonchev–Trinajstić information content (AvgIpc) is 3.18. The molecule has 0 bridgehead atoms. The summed E-state index contributed by atoms with van der Waals surface area (Å²) in [5.74, 6) is 1.05. The molecule has 1 aromatic heterocycles. The lowest BCUT2D eigenvalue weighted by Crippen LogP contribution is -2.32. The van der Waals surface area contributed by atoms with Crippen LogP contribution in [0.4, 0.5) is 0 Å². The third-order valence-electron chi connectivity index (χ3n) is 5.29. The highest BCUT2D eigenvalue weighted by Crippen LogP contribution is 2.26. The van der Waals surface area contributed by atoms with Crippen LogP contribution in [-0.4, -0.2) is 48.0 Å². The lowest BCUT2D eigenvalue weighted by Gasteiger charge is -2.16. The monoisotopic (exact) mass is 475 g/mol. The van der Waals surface area contributed by atoms with E-state index in [0.29, 0.717) is 38.3 Å². The number of aromatic nitrogens is 1. The van der Waals surface area contributed by atoms with Gasteiger partial charge in [0.2, 0.25) is 0 Å². The smallest absolute Gasteiger partial charge is 0.250 e. The van der Waals surface area contributed by atoms with E-state index in [0.717, 1.165) is 34.4 Å². The second-order valence-electron chi connectivity index (χ2n) is 7.82. The van der Waals surface area contributed by atoms with E-state index in [-0.39, 0.29) is 25.1 Å². The van der Waals surface area contributed by atoms with Crippen molar-refractivity contribution in [2.45, 2.75) is 39.3 Å². The summed E-state index contributed by atoms with van der Waals surface area (Å²) in [4.78, 5) is 12.1. The number of aliphatic hydroxyl groups is 1. The summed E-state index contributed by atoms with van der Waals surface area (Å²) in [7, 11) is 0. The highest BCUT2D eigenvalue weighted by atomic mass is 35.5. The van der Waals surface area contributed by atoms with Crippen molar-refractivity contribution in [2.75, 3.05) is 26.4 Å². The van der Waals surface area contributed by atoms with E-state index in [1.807, 2.05) is 54.1 Å². The van der Waals surface area contributed by atoms with Crippen LogP contribution in [-0.2, 0) is 13.0 Å². The van der Waals surface area contributed by atoms with Gasteiger partial charge in [-0.05, 0) is 62.6 Å². The second-order valence-corrected chi connectivity index (χ2v) is 7.82. The molecule has 7 nitrogen and oxygen atoms in total. The van der Waals surface area contributed by atoms with E-state index in [9.17, 15) is 4.79 Å². The molecule has 1 heterocycles. The number of amides is 1. The van der Waals surface area contributed by atoms with Crippen LogP contribution in [0.2, 0.25) is 0 Å². The number of carbonyl (C=O) groups is 1. The topological polar surface area (TPSA) is 98.7 Å². The number of nitrogens with one attached hydrogen (secondary N) is 1. The molecule has 3 aromatic rings.